The molecule has 0 spiro atoms. The number of phenolic OH excluding ortho intramolecular Hbond substituents is 9. The first-order valence-electron chi connectivity index (χ1n) is 21.8. The Morgan fingerprint density at radius 2 is 0.721 bits per heavy atom. The quantitative estimate of drug-likeness (QED) is 0.0652. The third kappa shape index (κ3) is 7.47. The first-order chi connectivity index (χ1) is 32.8. The van der Waals surface area contributed by atoms with Crippen LogP contribution in [-0.4, -0.2) is 46.0 Å². The van der Waals surface area contributed by atoms with Crippen LogP contribution in [0.4, 0.5) is 0 Å². The fourth-order valence-electron chi connectivity index (χ4n) is 10.2. The van der Waals surface area contributed by atoms with Crippen molar-refractivity contribution in [3.63, 3.8) is 0 Å². The molecule has 8 aromatic rings. The van der Waals surface area contributed by atoms with E-state index in [-0.39, 0.29) is 51.7 Å². The van der Waals surface area contributed by atoms with Gasteiger partial charge in [-0.15, -0.1) is 0 Å². The lowest BCUT2D eigenvalue weighted by atomic mass is 9.76. The van der Waals surface area contributed by atoms with E-state index in [0.717, 1.165) is 5.56 Å². The summed E-state index contributed by atoms with van der Waals surface area (Å²) in [6.07, 6.45) is 1.40. The van der Waals surface area contributed by atoms with Gasteiger partial charge < -0.3 is 60.2 Å². The zero-order chi connectivity index (χ0) is 47.0. The van der Waals surface area contributed by atoms with Crippen LogP contribution in [0.1, 0.15) is 97.3 Å². The first kappa shape index (κ1) is 41.8. The number of ether oxygens (including phenoxy) is 3. The van der Waals surface area contributed by atoms with Gasteiger partial charge in [-0.25, -0.2) is 0 Å². The Bertz CT molecular complexity index is 3250. The maximum Gasteiger partial charge on any atom is 0.135 e. The molecule has 11 rings (SSSR count). The second-order valence-electron chi connectivity index (χ2n) is 17.4. The van der Waals surface area contributed by atoms with E-state index in [0.29, 0.717) is 72.9 Å². The molecular formula is C56H42O12. The van der Waals surface area contributed by atoms with Gasteiger partial charge in [-0.1, -0.05) is 54.6 Å². The second kappa shape index (κ2) is 16.2. The average molecular weight is 907 g/mol. The molecule has 3 aliphatic heterocycles. The van der Waals surface area contributed by atoms with E-state index in [9.17, 15) is 46.0 Å². The number of hydrogen-bond acceptors (Lipinski definition) is 12. The van der Waals surface area contributed by atoms with Gasteiger partial charge in [-0.2, -0.15) is 0 Å². The normalized spacial score (nSPS) is 20.0. The summed E-state index contributed by atoms with van der Waals surface area (Å²) in [7, 11) is 0. The second-order valence-corrected chi connectivity index (χ2v) is 17.4. The van der Waals surface area contributed by atoms with Crippen molar-refractivity contribution in [1.29, 1.82) is 0 Å². The standard InChI is InChI=1S/C56H42O12/c57-35-10-2-28(3-11-35)1-4-31-17-42(64)26-47-49(31)50(33-18-38(60)23-39(61)19-33)56(67-47)32-9-16-46-44(22-32)52(55(66-46)30-7-14-37(59)15-8-30)45-25-43(65)27-48-53(45)51(34-20-40(62)24-41(63)21-34)54(68-48)29-5-12-36(58)13-6-29/h1-27,50-52,54-65H/b4-1+/t50-,51-,52+,54+,55+,56+/m1/s1. The lowest BCUT2D eigenvalue weighted by Gasteiger charge is -2.26. The highest BCUT2D eigenvalue weighted by molar-refractivity contribution is 5.76. The molecule has 9 N–H and O–H groups in total. The zero-order valence-corrected chi connectivity index (χ0v) is 35.8. The maximum absolute atomic E-state index is 11.6. The van der Waals surface area contributed by atoms with Gasteiger partial charge in [0.1, 0.15) is 87.3 Å². The van der Waals surface area contributed by atoms with Gasteiger partial charge in [0.25, 0.3) is 0 Å². The number of phenols is 9. The first-order valence-corrected chi connectivity index (χ1v) is 21.8. The van der Waals surface area contributed by atoms with Crippen LogP contribution in [0.3, 0.4) is 0 Å². The largest absolute Gasteiger partial charge is 0.508 e. The van der Waals surface area contributed by atoms with Crippen molar-refractivity contribution < 1.29 is 60.2 Å². The Morgan fingerprint density at radius 1 is 0.294 bits per heavy atom. The monoisotopic (exact) mass is 906 g/mol. The van der Waals surface area contributed by atoms with Gasteiger partial charge >= 0.3 is 0 Å². The Labute approximate surface area is 389 Å². The van der Waals surface area contributed by atoms with Crippen LogP contribution in [0, 0.1) is 0 Å². The minimum Gasteiger partial charge on any atom is -0.508 e. The van der Waals surface area contributed by atoms with E-state index >= 15 is 0 Å². The highest BCUT2D eigenvalue weighted by Crippen LogP contribution is 2.60. The highest BCUT2D eigenvalue weighted by Gasteiger charge is 2.47. The maximum atomic E-state index is 11.6. The van der Waals surface area contributed by atoms with Crippen LogP contribution in [0.5, 0.6) is 69.0 Å². The summed E-state index contributed by atoms with van der Waals surface area (Å²) in [6, 6.07) is 40.6. The minimum atomic E-state index is -0.799. The Morgan fingerprint density at radius 3 is 1.28 bits per heavy atom. The van der Waals surface area contributed by atoms with E-state index in [2.05, 4.69) is 0 Å². The minimum absolute atomic E-state index is 0.0494. The van der Waals surface area contributed by atoms with Crippen LogP contribution < -0.4 is 14.2 Å². The van der Waals surface area contributed by atoms with Gasteiger partial charge in [-0.3, -0.25) is 0 Å². The molecule has 12 heteroatoms. The molecule has 0 fully saturated rings. The summed E-state index contributed by atoms with van der Waals surface area (Å²) >= 11 is 0. The third-order valence-electron chi connectivity index (χ3n) is 13.0. The molecule has 12 nitrogen and oxygen atoms in total. The van der Waals surface area contributed by atoms with E-state index in [4.69, 9.17) is 14.2 Å². The van der Waals surface area contributed by atoms with Crippen LogP contribution in [0.15, 0.2) is 152 Å². The molecule has 0 saturated heterocycles. The lowest BCUT2D eigenvalue weighted by Crippen LogP contribution is -2.16. The van der Waals surface area contributed by atoms with Crippen LogP contribution in [-0.2, 0) is 0 Å². The molecule has 0 bridgehead atoms. The fraction of sp³-hybridized carbons (Fsp3) is 0.107. The molecule has 0 aromatic heterocycles. The number of rotatable bonds is 8. The van der Waals surface area contributed by atoms with Crippen molar-refractivity contribution in [2.45, 2.75) is 36.1 Å². The molecule has 8 aromatic carbocycles. The molecule has 6 atom stereocenters. The molecule has 0 unspecified atom stereocenters. The number of hydrogen-bond donors (Lipinski definition) is 9. The van der Waals surface area contributed by atoms with E-state index < -0.39 is 36.1 Å². The Kier molecular flexibility index (Phi) is 9.96. The SMILES string of the molecule is Oc1ccc(/C=C/c2cc(O)cc3c2[C@@H](c2cc(O)cc(O)c2)[C@H](c2ccc4c(c2)[C@@H](c2cc(O)cc5c2[C@@H](c2cc(O)cc(O)c2)[C@H](c2ccc(O)cc2)O5)[C@H](c2ccc(O)cc2)O4)O3)cc1. The van der Waals surface area contributed by atoms with E-state index in [1.165, 1.54) is 24.3 Å². The van der Waals surface area contributed by atoms with E-state index in [1.807, 2.05) is 30.4 Å². The van der Waals surface area contributed by atoms with Crippen molar-refractivity contribution in [2.24, 2.45) is 0 Å². The summed E-state index contributed by atoms with van der Waals surface area (Å²) in [5.41, 5.74) is 7.17. The molecule has 0 saturated carbocycles. The Hall–Kier alpha value is -8.90. The summed E-state index contributed by atoms with van der Waals surface area (Å²) in [4.78, 5) is 0. The number of fused-ring (bicyclic) bond motifs is 3. The van der Waals surface area contributed by atoms with Gasteiger partial charge in [0.05, 0.1) is 17.8 Å². The van der Waals surface area contributed by atoms with Gasteiger partial charge in [-0.05, 0) is 129 Å². The van der Waals surface area contributed by atoms with Crippen molar-refractivity contribution in [3.8, 4) is 69.0 Å². The van der Waals surface area contributed by atoms with Crippen LogP contribution in [0.2, 0.25) is 0 Å². The van der Waals surface area contributed by atoms with Crippen molar-refractivity contribution >= 4 is 12.2 Å². The van der Waals surface area contributed by atoms with Gasteiger partial charge in [0.15, 0.2) is 0 Å². The molecule has 0 radical (unpaired) electrons. The molecule has 3 aliphatic rings. The zero-order valence-electron chi connectivity index (χ0n) is 35.8. The van der Waals surface area contributed by atoms with Crippen molar-refractivity contribution in [2.75, 3.05) is 0 Å². The topological polar surface area (TPSA) is 210 Å². The summed E-state index contributed by atoms with van der Waals surface area (Å²) in [6.45, 7) is 0. The highest BCUT2D eigenvalue weighted by atomic mass is 16.5. The van der Waals surface area contributed by atoms with Crippen LogP contribution in [0.25, 0.3) is 12.2 Å². The molecule has 0 aliphatic carbocycles. The smallest absolute Gasteiger partial charge is 0.135 e. The summed E-state index contributed by atoms with van der Waals surface area (Å²) in [5, 5.41) is 96.5. The average Bonchev–Trinajstić information content (AvgIpc) is 4.00. The summed E-state index contributed by atoms with van der Waals surface area (Å²) < 4.78 is 20.4. The van der Waals surface area contributed by atoms with Crippen molar-refractivity contribution in [1.82, 2.24) is 0 Å². The molecular weight excluding hydrogens is 865 g/mol. The predicted octanol–water partition coefficient (Wildman–Crippen LogP) is 11.0. The predicted molar refractivity (Wildman–Crippen MR) is 251 cm³/mol. The molecule has 338 valence electrons. The lowest BCUT2D eigenvalue weighted by molar-refractivity contribution is 0.219. The summed E-state index contributed by atoms with van der Waals surface area (Å²) in [5.74, 6) is -1.32. The van der Waals surface area contributed by atoms with Gasteiger partial charge in [0.2, 0.25) is 0 Å². The molecule has 0 amide bonds. The Balaban J connectivity index is 1.09. The molecule has 68 heavy (non-hydrogen) atoms. The third-order valence-corrected chi connectivity index (χ3v) is 13.0. The van der Waals surface area contributed by atoms with Crippen LogP contribution >= 0.6 is 0 Å². The number of benzene rings is 8. The number of aromatic hydroxyl groups is 9. The molecule has 3 heterocycles. The van der Waals surface area contributed by atoms with E-state index in [1.54, 1.807) is 109 Å². The van der Waals surface area contributed by atoms with Crippen molar-refractivity contribution in [3.05, 3.63) is 213 Å². The fourth-order valence-corrected chi connectivity index (χ4v) is 10.2. The van der Waals surface area contributed by atoms with Gasteiger partial charge in [0, 0.05) is 41.0 Å².